The maximum atomic E-state index is 6.00. The van der Waals surface area contributed by atoms with Crippen LogP contribution in [0.2, 0.25) is 5.02 Å². The molecule has 0 amide bonds. The van der Waals surface area contributed by atoms with Crippen LogP contribution in [0.1, 0.15) is 24.6 Å². The quantitative estimate of drug-likeness (QED) is 0.774. The van der Waals surface area contributed by atoms with E-state index in [2.05, 4.69) is 25.3 Å². The molecule has 0 saturated heterocycles. The Kier molecular flexibility index (Phi) is 1.86. The summed E-state index contributed by atoms with van der Waals surface area (Å²) < 4.78 is 3.09. The Morgan fingerprint density at radius 1 is 1.50 bits per heavy atom. The van der Waals surface area contributed by atoms with Crippen LogP contribution in [0.25, 0.3) is 5.52 Å². The Bertz CT molecular complexity index is 502. The fraction of sp³-hybridized carbons (Fsp3) is 0.300. The molecule has 0 bridgehead atoms. The third-order valence-corrected chi connectivity index (χ3v) is 3.37. The molecule has 4 heteroatoms. The second-order valence-electron chi connectivity index (χ2n) is 3.65. The lowest BCUT2D eigenvalue weighted by molar-refractivity contribution is 0.920. The van der Waals surface area contributed by atoms with Gasteiger partial charge in [-0.25, -0.2) is 4.98 Å². The van der Waals surface area contributed by atoms with Crippen molar-refractivity contribution in [1.29, 1.82) is 0 Å². The number of aromatic nitrogens is 2. The zero-order valence-electron chi connectivity index (χ0n) is 7.37. The number of fused-ring (bicyclic) bond motifs is 1. The summed E-state index contributed by atoms with van der Waals surface area (Å²) in [6.45, 7) is 0. The second kappa shape index (κ2) is 2.97. The molecule has 3 rings (SSSR count). The van der Waals surface area contributed by atoms with Crippen LogP contribution in [0, 0.1) is 0 Å². The van der Waals surface area contributed by atoms with Gasteiger partial charge in [0.2, 0.25) is 0 Å². The van der Waals surface area contributed by atoms with Crippen molar-refractivity contribution >= 4 is 33.0 Å². The second-order valence-corrected chi connectivity index (χ2v) is 4.94. The molecule has 2 nitrogen and oxygen atoms in total. The summed E-state index contributed by atoms with van der Waals surface area (Å²) in [5, 5.41) is 0.740. The van der Waals surface area contributed by atoms with Gasteiger partial charge in [-0.1, -0.05) is 11.6 Å². The van der Waals surface area contributed by atoms with E-state index in [0.717, 1.165) is 20.8 Å². The standard InChI is InChI=1S/C10H8BrClN2/c11-8-3-7(12)5-14-9(8)4-13-10(14)6-1-2-6/h3-6H,1-2H2. The first-order valence-corrected chi connectivity index (χ1v) is 5.75. The van der Waals surface area contributed by atoms with Gasteiger partial charge in [0, 0.05) is 16.6 Å². The molecule has 0 unspecified atom stereocenters. The molecule has 0 aliphatic heterocycles. The van der Waals surface area contributed by atoms with Crippen molar-refractivity contribution in [3.63, 3.8) is 0 Å². The number of halogens is 2. The molecule has 0 spiro atoms. The minimum Gasteiger partial charge on any atom is -0.301 e. The molecule has 0 radical (unpaired) electrons. The van der Waals surface area contributed by atoms with Crippen molar-refractivity contribution in [2.75, 3.05) is 0 Å². The molecule has 1 fully saturated rings. The largest absolute Gasteiger partial charge is 0.301 e. The van der Waals surface area contributed by atoms with Crippen LogP contribution in [0.5, 0.6) is 0 Å². The molecule has 0 atom stereocenters. The van der Waals surface area contributed by atoms with Gasteiger partial charge in [-0.15, -0.1) is 0 Å². The number of nitrogens with zero attached hydrogens (tertiary/aromatic N) is 2. The summed E-state index contributed by atoms with van der Waals surface area (Å²) in [7, 11) is 0. The Hall–Kier alpha value is -0.540. The van der Waals surface area contributed by atoms with E-state index in [1.165, 1.54) is 12.8 Å². The number of pyridine rings is 1. The lowest BCUT2D eigenvalue weighted by atomic mass is 10.4. The van der Waals surface area contributed by atoms with E-state index in [4.69, 9.17) is 11.6 Å². The number of rotatable bonds is 1. The van der Waals surface area contributed by atoms with E-state index < -0.39 is 0 Å². The van der Waals surface area contributed by atoms with Crippen LogP contribution in [0.3, 0.4) is 0 Å². The average molecular weight is 272 g/mol. The van der Waals surface area contributed by atoms with Gasteiger partial charge in [-0.2, -0.15) is 0 Å². The lowest BCUT2D eigenvalue weighted by Gasteiger charge is -2.01. The van der Waals surface area contributed by atoms with Crippen molar-refractivity contribution in [2.45, 2.75) is 18.8 Å². The highest BCUT2D eigenvalue weighted by atomic mass is 79.9. The van der Waals surface area contributed by atoms with Gasteiger partial charge >= 0.3 is 0 Å². The van der Waals surface area contributed by atoms with E-state index >= 15 is 0 Å². The number of hydrogen-bond acceptors (Lipinski definition) is 1. The molecular formula is C10H8BrClN2. The zero-order chi connectivity index (χ0) is 9.71. The van der Waals surface area contributed by atoms with E-state index in [1.54, 1.807) is 0 Å². The maximum Gasteiger partial charge on any atom is 0.116 e. The van der Waals surface area contributed by atoms with Crippen molar-refractivity contribution in [1.82, 2.24) is 9.38 Å². The monoisotopic (exact) mass is 270 g/mol. The van der Waals surface area contributed by atoms with Crippen molar-refractivity contribution in [3.8, 4) is 0 Å². The molecule has 1 aliphatic carbocycles. The van der Waals surface area contributed by atoms with Gasteiger partial charge in [0.05, 0.1) is 16.7 Å². The Morgan fingerprint density at radius 2 is 2.29 bits per heavy atom. The SMILES string of the molecule is Clc1cc(Br)c2cnc(C3CC3)n2c1. The van der Waals surface area contributed by atoms with Gasteiger partial charge in [0.25, 0.3) is 0 Å². The number of hydrogen-bond donors (Lipinski definition) is 0. The van der Waals surface area contributed by atoms with E-state index in [9.17, 15) is 0 Å². The molecule has 2 aromatic heterocycles. The van der Waals surface area contributed by atoms with Crippen LogP contribution < -0.4 is 0 Å². The van der Waals surface area contributed by atoms with Gasteiger partial charge in [-0.05, 0) is 34.8 Å². The molecular weight excluding hydrogens is 263 g/mol. The van der Waals surface area contributed by atoms with Crippen LogP contribution >= 0.6 is 27.5 Å². The highest BCUT2D eigenvalue weighted by Gasteiger charge is 2.28. The van der Waals surface area contributed by atoms with Crippen molar-refractivity contribution in [3.05, 3.63) is 33.8 Å². The summed E-state index contributed by atoms with van der Waals surface area (Å²) >= 11 is 9.48. The Morgan fingerprint density at radius 3 is 3.00 bits per heavy atom. The van der Waals surface area contributed by atoms with Crippen LogP contribution in [0.4, 0.5) is 0 Å². The van der Waals surface area contributed by atoms with Crippen LogP contribution in [-0.4, -0.2) is 9.38 Å². The maximum absolute atomic E-state index is 6.00. The van der Waals surface area contributed by atoms with Gasteiger partial charge in [0.1, 0.15) is 5.82 Å². The minimum absolute atomic E-state index is 0.642. The minimum atomic E-state index is 0.642. The van der Waals surface area contributed by atoms with Gasteiger partial charge < -0.3 is 4.40 Å². The predicted octanol–water partition coefficient (Wildman–Crippen LogP) is 3.63. The van der Waals surface area contributed by atoms with Crippen LogP contribution in [-0.2, 0) is 0 Å². The number of imidazole rings is 1. The molecule has 1 saturated carbocycles. The molecule has 0 aromatic carbocycles. The first kappa shape index (κ1) is 8.74. The first-order chi connectivity index (χ1) is 6.75. The topological polar surface area (TPSA) is 17.3 Å². The van der Waals surface area contributed by atoms with Gasteiger partial charge in [-0.3, -0.25) is 0 Å². The van der Waals surface area contributed by atoms with Gasteiger partial charge in [0.15, 0.2) is 0 Å². The molecule has 72 valence electrons. The fourth-order valence-corrected chi connectivity index (χ4v) is 2.57. The summed E-state index contributed by atoms with van der Waals surface area (Å²) in [5.41, 5.74) is 1.09. The first-order valence-electron chi connectivity index (χ1n) is 4.58. The Balaban J connectivity index is 2.33. The lowest BCUT2D eigenvalue weighted by Crippen LogP contribution is -1.92. The summed E-state index contributed by atoms with van der Waals surface area (Å²) in [6, 6.07) is 1.90. The average Bonchev–Trinajstić information content (AvgIpc) is 2.87. The molecule has 2 heterocycles. The summed E-state index contributed by atoms with van der Waals surface area (Å²) in [5.74, 6) is 1.78. The Labute approximate surface area is 95.0 Å². The predicted molar refractivity (Wildman–Crippen MR) is 59.9 cm³/mol. The van der Waals surface area contributed by atoms with E-state index in [0.29, 0.717) is 5.92 Å². The zero-order valence-corrected chi connectivity index (χ0v) is 9.72. The summed E-state index contributed by atoms with van der Waals surface area (Å²) in [4.78, 5) is 4.43. The summed E-state index contributed by atoms with van der Waals surface area (Å²) in [6.07, 6.45) is 6.34. The van der Waals surface area contributed by atoms with Crippen molar-refractivity contribution in [2.24, 2.45) is 0 Å². The van der Waals surface area contributed by atoms with E-state index in [-0.39, 0.29) is 0 Å². The highest BCUT2D eigenvalue weighted by molar-refractivity contribution is 9.10. The highest BCUT2D eigenvalue weighted by Crippen LogP contribution is 2.40. The molecule has 2 aromatic rings. The molecule has 14 heavy (non-hydrogen) atoms. The van der Waals surface area contributed by atoms with E-state index in [1.807, 2.05) is 18.5 Å². The smallest absolute Gasteiger partial charge is 0.116 e. The normalized spacial score (nSPS) is 16.4. The molecule has 1 aliphatic rings. The third kappa shape index (κ3) is 1.27. The third-order valence-electron chi connectivity index (χ3n) is 2.53. The van der Waals surface area contributed by atoms with Crippen LogP contribution in [0.15, 0.2) is 22.9 Å². The fourth-order valence-electron chi connectivity index (χ4n) is 1.69. The van der Waals surface area contributed by atoms with Crippen molar-refractivity contribution < 1.29 is 0 Å². The molecule has 0 N–H and O–H groups in total.